The third kappa shape index (κ3) is 3.74. The van der Waals surface area contributed by atoms with E-state index in [4.69, 9.17) is 13.7 Å². The number of ether oxygens (including phenoxy) is 1. The maximum Gasteiger partial charge on any atom is 0.336 e. The predicted octanol–water partition coefficient (Wildman–Crippen LogP) is 2.22. The Labute approximate surface area is 149 Å². The van der Waals surface area contributed by atoms with Gasteiger partial charge in [0.2, 0.25) is 5.89 Å². The van der Waals surface area contributed by atoms with Crippen LogP contribution in [0.5, 0.6) is 5.75 Å². The molecule has 0 radical (unpaired) electrons. The molecule has 8 heteroatoms. The number of hydrogen-bond acceptors (Lipinski definition) is 7. The molecule has 1 aromatic carbocycles. The molecule has 0 spiro atoms. The third-order valence-electron chi connectivity index (χ3n) is 3.90. The molecule has 26 heavy (non-hydrogen) atoms. The summed E-state index contributed by atoms with van der Waals surface area (Å²) in [7, 11) is 1.64. The minimum absolute atomic E-state index is 0.204. The van der Waals surface area contributed by atoms with Crippen molar-refractivity contribution in [1.29, 1.82) is 0 Å². The number of carbonyl (C=O) groups is 1. The summed E-state index contributed by atoms with van der Waals surface area (Å²) < 4.78 is 15.9. The van der Waals surface area contributed by atoms with Gasteiger partial charge in [0.1, 0.15) is 11.3 Å². The van der Waals surface area contributed by atoms with Crippen LogP contribution in [0, 0.1) is 13.8 Å². The maximum atomic E-state index is 12.5. The standard InChI is InChI=1S/C18H19N3O5/c1-10-7-17(22)25-15-6-5-13(8-14(10)15)24-11(2)18(23)21(4)9-16-19-12(3)20-26-16/h5-8,11H,9H2,1-4H3. The van der Waals surface area contributed by atoms with Crippen molar-refractivity contribution in [3.05, 3.63) is 52.0 Å². The average molecular weight is 357 g/mol. The van der Waals surface area contributed by atoms with Gasteiger partial charge < -0.3 is 18.6 Å². The van der Waals surface area contributed by atoms with Crippen LogP contribution in [0.4, 0.5) is 0 Å². The molecular weight excluding hydrogens is 338 g/mol. The average Bonchev–Trinajstić information content (AvgIpc) is 2.99. The van der Waals surface area contributed by atoms with Crippen molar-refractivity contribution >= 4 is 16.9 Å². The van der Waals surface area contributed by atoms with Crippen molar-refractivity contribution in [2.24, 2.45) is 0 Å². The minimum atomic E-state index is -0.711. The Morgan fingerprint density at radius 2 is 2.08 bits per heavy atom. The number of fused-ring (bicyclic) bond motifs is 1. The lowest BCUT2D eigenvalue weighted by Crippen LogP contribution is -2.37. The normalized spacial score (nSPS) is 12.2. The second-order valence-corrected chi connectivity index (χ2v) is 6.10. The van der Waals surface area contributed by atoms with E-state index < -0.39 is 11.7 Å². The van der Waals surface area contributed by atoms with E-state index in [1.807, 2.05) is 6.92 Å². The largest absolute Gasteiger partial charge is 0.481 e. The van der Waals surface area contributed by atoms with Gasteiger partial charge in [-0.3, -0.25) is 4.79 Å². The zero-order valence-electron chi connectivity index (χ0n) is 15.0. The fourth-order valence-electron chi connectivity index (χ4n) is 2.62. The van der Waals surface area contributed by atoms with E-state index in [0.717, 1.165) is 10.9 Å². The monoisotopic (exact) mass is 357 g/mol. The minimum Gasteiger partial charge on any atom is -0.481 e. The first-order valence-electron chi connectivity index (χ1n) is 8.09. The fourth-order valence-corrected chi connectivity index (χ4v) is 2.62. The Balaban J connectivity index is 1.72. The molecule has 1 unspecified atom stereocenters. The molecule has 1 amide bonds. The number of likely N-dealkylation sites (N-methyl/N-ethyl adjacent to an activating group) is 1. The molecule has 8 nitrogen and oxygen atoms in total. The first-order valence-corrected chi connectivity index (χ1v) is 8.09. The number of rotatable bonds is 5. The van der Waals surface area contributed by atoms with E-state index >= 15 is 0 Å². The van der Waals surface area contributed by atoms with Crippen molar-refractivity contribution in [3.63, 3.8) is 0 Å². The van der Waals surface area contributed by atoms with Crippen LogP contribution in [0.25, 0.3) is 11.0 Å². The molecule has 2 aromatic heterocycles. The van der Waals surface area contributed by atoms with Gasteiger partial charge in [0.05, 0.1) is 6.54 Å². The zero-order valence-corrected chi connectivity index (χ0v) is 15.0. The number of hydrogen-bond donors (Lipinski definition) is 0. The van der Waals surface area contributed by atoms with E-state index in [0.29, 0.717) is 23.0 Å². The lowest BCUT2D eigenvalue weighted by molar-refractivity contribution is -0.137. The summed E-state index contributed by atoms with van der Waals surface area (Å²) in [6, 6.07) is 6.48. The number of carbonyl (C=O) groups excluding carboxylic acids is 1. The third-order valence-corrected chi connectivity index (χ3v) is 3.90. The molecule has 3 aromatic rings. The molecule has 3 rings (SSSR count). The summed E-state index contributed by atoms with van der Waals surface area (Å²) in [5, 5.41) is 4.46. The van der Waals surface area contributed by atoms with Gasteiger partial charge in [-0.1, -0.05) is 5.16 Å². The van der Waals surface area contributed by atoms with Gasteiger partial charge in [0.15, 0.2) is 11.9 Å². The molecule has 0 saturated heterocycles. The van der Waals surface area contributed by atoms with Crippen LogP contribution in [0.3, 0.4) is 0 Å². The number of amides is 1. The van der Waals surface area contributed by atoms with Crippen molar-refractivity contribution in [2.45, 2.75) is 33.4 Å². The highest BCUT2D eigenvalue weighted by molar-refractivity contribution is 5.82. The highest BCUT2D eigenvalue weighted by Crippen LogP contribution is 2.23. The Hall–Kier alpha value is -3.16. The van der Waals surface area contributed by atoms with Gasteiger partial charge in [-0.05, 0) is 44.5 Å². The van der Waals surface area contributed by atoms with Crippen LogP contribution in [0.15, 0.2) is 38.0 Å². The maximum absolute atomic E-state index is 12.5. The quantitative estimate of drug-likeness (QED) is 0.646. The molecule has 0 aliphatic carbocycles. The molecule has 0 aliphatic rings. The van der Waals surface area contributed by atoms with Gasteiger partial charge in [-0.25, -0.2) is 4.79 Å². The number of aryl methyl sites for hydroxylation is 2. The summed E-state index contributed by atoms with van der Waals surface area (Å²) in [4.78, 5) is 29.4. The predicted molar refractivity (Wildman–Crippen MR) is 92.8 cm³/mol. The summed E-state index contributed by atoms with van der Waals surface area (Å²) in [6.45, 7) is 5.40. The highest BCUT2D eigenvalue weighted by atomic mass is 16.5. The summed E-state index contributed by atoms with van der Waals surface area (Å²) in [6.07, 6.45) is -0.711. The highest BCUT2D eigenvalue weighted by Gasteiger charge is 2.21. The van der Waals surface area contributed by atoms with E-state index in [2.05, 4.69) is 10.1 Å². The van der Waals surface area contributed by atoms with E-state index in [-0.39, 0.29) is 12.5 Å². The second-order valence-electron chi connectivity index (χ2n) is 6.10. The summed E-state index contributed by atoms with van der Waals surface area (Å²) in [5.41, 5.74) is 0.861. The molecule has 0 fully saturated rings. The van der Waals surface area contributed by atoms with E-state index in [1.165, 1.54) is 11.0 Å². The Morgan fingerprint density at radius 3 is 2.77 bits per heavy atom. The van der Waals surface area contributed by atoms with Gasteiger partial charge >= 0.3 is 5.63 Å². The lowest BCUT2D eigenvalue weighted by Gasteiger charge is -2.21. The molecule has 0 N–H and O–H groups in total. The first-order chi connectivity index (χ1) is 12.3. The Morgan fingerprint density at radius 1 is 1.31 bits per heavy atom. The van der Waals surface area contributed by atoms with Crippen LogP contribution in [-0.4, -0.2) is 34.1 Å². The van der Waals surface area contributed by atoms with E-state index in [9.17, 15) is 9.59 Å². The smallest absolute Gasteiger partial charge is 0.336 e. The SMILES string of the molecule is Cc1noc(CN(C)C(=O)C(C)Oc2ccc3oc(=O)cc(C)c3c2)n1. The molecule has 2 heterocycles. The van der Waals surface area contributed by atoms with Crippen LogP contribution in [0.2, 0.25) is 0 Å². The summed E-state index contributed by atoms with van der Waals surface area (Å²) >= 11 is 0. The van der Waals surface area contributed by atoms with Crippen LogP contribution >= 0.6 is 0 Å². The Kier molecular flexibility index (Phi) is 4.75. The number of benzene rings is 1. The number of nitrogens with zero attached hydrogens (tertiary/aromatic N) is 3. The second kappa shape index (κ2) is 6.99. The molecule has 0 aliphatic heterocycles. The van der Waals surface area contributed by atoms with Crippen LogP contribution in [0.1, 0.15) is 24.2 Å². The fraction of sp³-hybridized carbons (Fsp3) is 0.333. The van der Waals surface area contributed by atoms with Gasteiger partial charge in [0, 0.05) is 18.5 Å². The van der Waals surface area contributed by atoms with Crippen molar-refractivity contribution < 1.29 is 18.5 Å². The van der Waals surface area contributed by atoms with Gasteiger partial charge in [0.25, 0.3) is 5.91 Å². The van der Waals surface area contributed by atoms with Crippen LogP contribution < -0.4 is 10.4 Å². The molecule has 0 bridgehead atoms. The first kappa shape index (κ1) is 17.7. The molecular formula is C18H19N3O5. The van der Waals surface area contributed by atoms with Gasteiger partial charge in [-0.2, -0.15) is 4.98 Å². The molecule has 136 valence electrons. The topological polar surface area (TPSA) is 98.7 Å². The van der Waals surface area contributed by atoms with Gasteiger partial charge in [-0.15, -0.1) is 0 Å². The Bertz CT molecular complexity index is 1010. The molecule has 1 atom stereocenters. The zero-order chi connectivity index (χ0) is 18.8. The van der Waals surface area contributed by atoms with Crippen LogP contribution in [-0.2, 0) is 11.3 Å². The van der Waals surface area contributed by atoms with Crippen molar-refractivity contribution in [2.75, 3.05) is 7.05 Å². The van der Waals surface area contributed by atoms with Crippen molar-refractivity contribution in [3.8, 4) is 5.75 Å². The number of aromatic nitrogens is 2. The summed E-state index contributed by atoms with van der Waals surface area (Å²) in [5.74, 6) is 1.17. The van der Waals surface area contributed by atoms with E-state index in [1.54, 1.807) is 39.1 Å². The molecule has 0 saturated carbocycles. The lowest BCUT2D eigenvalue weighted by atomic mass is 10.1. The van der Waals surface area contributed by atoms with Crippen molar-refractivity contribution in [1.82, 2.24) is 15.0 Å².